The van der Waals surface area contributed by atoms with Crippen molar-refractivity contribution in [2.75, 3.05) is 6.61 Å². The van der Waals surface area contributed by atoms with Gasteiger partial charge in [-0.05, 0) is 49.2 Å². The zero-order valence-corrected chi connectivity index (χ0v) is 13.6. The van der Waals surface area contributed by atoms with Crippen LogP contribution >= 0.6 is 11.6 Å². The third-order valence-corrected chi connectivity index (χ3v) is 3.71. The number of hydrazone groups is 1. The van der Waals surface area contributed by atoms with Crippen LogP contribution in [0.1, 0.15) is 16.7 Å². The van der Waals surface area contributed by atoms with Crippen LogP contribution < -0.4 is 10.2 Å². The van der Waals surface area contributed by atoms with Gasteiger partial charge < -0.3 is 9.84 Å². The molecule has 0 atom stereocenters. The molecule has 0 saturated heterocycles. The van der Waals surface area contributed by atoms with E-state index >= 15 is 0 Å². The fourth-order valence-electron chi connectivity index (χ4n) is 1.94. The number of halogens is 1. The van der Waals surface area contributed by atoms with Gasteiger partial charge in [0.1, 0.15) is 11.5 Å². The first kappa shape index (κ1) is 16.8. The molecule has 5 nitrogen and oxygen atoms in total. The summed E-state index contributed by atoms with van der Waals surface area (Å²) in [6.07, 6.45) is 1.36. The highest BCUT2D eigenvalue weighted by Crippen LogP contribution is 2.25. The maximum absolute atomic E-state index is 11.7. The topological polar surface area (TPSA) is 70.9 Å². The van der Waals surface area contributed by atoms with E-state index in [1.165, 1.54) is 12.3 Å². The number of benzene rings is 2. The van der Waals surface area contributed by atoms with Gasteiger partial charge in [-0.2, -0.15) is 5.10 Å². The number of aromatic hydroxyl groups is 1. The molecule has 0 aliphatic heterocycles. The predicted octanol–water partition coefficient (Wildman–Crippen LogP) is 3.19. The number of carbonyl (C=O) groups is 1. The second kappa shape index (κ2) is 7.65. The molecule has 2 rings (SSSR count). The number of para-hydroxylation sites is 1. The van der Waals surface area contributed by atoms with Gasteiger partial charge >= 0.3 is 0 Å². The summed E-state index contributed by atoms with van der Waals surface area (Å²) in [7, 11) is 0. The average molecular weight is 333 g/mol. The molecule has 2 aromatic carbocycles. The third kappa shape index (κ3) is 4.72. The van der Waals surface area contributed by atoms with Crippen molar-refractivity contribution in [2.45, 2.75) is 13.8 Å². The number of hydrogen-bond acceptors (Lipinski definition) is 4. The molecule has 0 radical (unpaired) electrons. The molecule has 0 aromatic heterocycles. The van der Waals surface area contributed by atoms with Gasteiger partial charge in [-0.1, -0.05) is 23.7 Å². The first-order valence-corrected chi connectivity index (χ1v) is 7.34. The van der Waals surface area contributed by atoms with Gasteiger partial charge in [0, 0.05) is 10.6 Å². The number of nitrogens with zero attached hydrogens (tertiary/aromatic N) is 1. The van der Waals surface area contributed by atoms with Gasteiger partial charge in [-0.25, -0.2) is 5.43 Å². The van der Waals surface area contributed by atoms with Gasteiger partial charge in [-0.15, -0.1) is 0 Å². The summed E-state index contributed by atoms with van der Waals surface area (Å²) in [6, 6.07) is 10.2. The fourth-order valence-corrected chi connectivity index (χ4v) is 2.05. The Labute approximate surface area is 139 Å². The zero-order valence-electron chi connectivity index (χ0n) is 12.8. The van der Waals surface area contributed by atoms with Crippen molar-refractivity contribution in [3.63, 3.8) is 0 Å². The smallest absolute Gasteiger partial charge is 0.277 e. The first-order chi connectivity index (χ1) is 11.0. The van der Waals surface area contributed by atoms with Gasteiger partial charge in [-0.3, -0.25) is 4.79 Å². The normalized spacial score (nSPS) is 10.7. The number of phenols is 1. The predicted molar refractivity (Wildman–Crippen MR) is 90.3 cm³/mol. The number of amides is 1. The second-order valence-electron chi connectivity index (χ2n) is 5.01. The monoisotopic (exact) mass is 332 g/mol. The van der Waals surface area contributed by atoms with E-state index in [2.05, 4.69) is 10.5 Å². The highest BCUT2D eigenvalue weighted by molar-refractivity contribution is 6.32. The maximum atomic E-state index is 11.7. The molecule has 0 saturated carbocycles. The number of carbonyl (C=O) groups excluding carboxylic acids is 1. The van der Waals surface area contributed by atoms with Gasteiger partial charge in [0.05, 0.1) is 6.21 Å². The second-order valence-corrected chi connectivity index (χ2v) is 5.39. The van der Waals surface area contributed by atoms with Crippen molar-refractivity contribution in [2.24, 2.45) is 5.10 Å². The molecule has 0 heterocycles. The van der Waals surface area contributed by atoms with Crippen LogP contribution in [0.3, 0.4) is 0 Å². The van der Waals surface area contributed by atoms with Crippen LogP contribution in [0.15, 0.2) is 41.5 Å². The van der Waals surface area contributed by atoms with E-state index in [-0.39, 0.29) is 12.4 Å². The molecule has 0 spiro atoms. The van der Waals surface area contributed by atoms with Crippen molar-refractivity contribution >= 4 is 23.7 Å². The van der Waals surface area contributed by atoms with Crippen LogP contribution in [0.2, 0.25) is 5.02 Å². The van der Waals surface area contributed by atoms with Gasteiger partial charge in [0.2, 0.25) is 0 Å². The molecular formula is C17H17ClN2O3. The van der Waals surface area contributed by atoms with Crippen LogP contribution in [0, 0.1) is 13.8 Å². The molecule has 0 aliphatic carbocycles. The molecule has 2 N–H and O–H groups in total. The van der Waals surface area contributed by atoms with Crippen LogP contribution in [0.4, 0.5) is 0 Å². The number of aryl methyl sites for hydroxylation is 2. The van der Waals surface area contributed by atoms with Crippen LogP contribution in [-0.4, -0.2) is 23.8 Å². The summed E-state index contributed by atoms with van der Waals surface area (Å²) in [5.41, 5.74) is 4.63. The van der Waals surface area contributed by atoms with E-state index in [4.69, 9.17) is 16.3 Å². The molecule has 0 aliphatic rings. The lowest BCUT2D eigenvalue weighted by atomic mass is 10.1. The first-order valence-electron chi connectivity index (χ1n) is 6.97. The molecule has 1 amide bonds. The van der Waals surface area contributed by atoms with Crippen molar-refractivity contribution in [1.29, 1.82) is 0 Å². The maximum Gasteiger partial charge on any atom is 0.277 e. The number of phenolic OH excluding ortho intramolecular Hbond substituents is 1. The van der Waals surface area contributed by atoms with E-state index in [0.717, 1.165) is 11.1 Å². The Balaban J connectivity index is 1.87. The number of nitrogens with one attached hydrogen (secondary N) is 1. The Morgan fingerprint density at radius 3 is 2.61 bits per heavy atom. The highest BCUT2D eigenvalue weighted by Gasteiger charge is 2.06. The Hall–Kier alpha value is -2.53. The van der Waals surface area contributed by atoms with Gasteiger partial charge in [0.15, 0.2) is 6.61 Å². The Bertz CT molecular complexity index is 721. The molecule has 0 fully saturated rings. The number of hydrogen-bond donors (Lipinski definition) is 2. The fraction of sp³-hybridized carbons (Fsp3) is 0.176. The Morgan fingerprint density at radius 2 is 1.96 bits per heavy atom. The van der Waals surface area contributed by atoms with E-state index in [1.54, 1.807) is 30.3 Å². The standard InChI is InChI=1S/C17H17ClN2O3/c1-11-7-14(8-12(2)17(11)18)23-10-16(22)20-19-9-13-5-3-4-6-15(13)21/h3-9,21H,10H2,1-2H3,(H,20,22)/b19-9+. The highest BCUT2D eigenvalue weighted by atomic mass is 35.5. The van der Waals surface area contributed by atoms with Crippen LogP contribution in [0.25, 0.3) is 0 Å². The third-order valence-electron chi connectivity index (χ3n) is 3.11. The van der Waals surface area contributed by atoms with Crippen molar-refractivity contribution in [1.82, 2.24) is 5.43 Å². The minimum Gasteiger partial charge on any atom is -0.507 e. The molecule has 2 aromatic rings. The Morgan fingerprint density at radius 1 is 1.30 bits per heavy atom. The lowest BCUT2D eigenvalue weighted by Crippen LogP contribution is -2.24. The summed E-state index contributed by atoms with van der Waals surface area (Å²) in [5, 5.41) is 14.0. The average Bonchev–Trinajstić information content (AvgIpc) is 2.52. The lowest BCUT2D eigenvalue weighted by Gasteiger charge is -2.09. The molecule has 0 bridgehead atoms. The molecule has 6 heteroatoms. The molecule has 0 unspecified atom stereocenters. The summed E-state index contributed by atoms with van der Waals surface area (Å²) < 4.78 is 5.42. The SMILES string of the molecule is Cc1cc(OCC(=O)N/N=C/c2ccccc2O)cc(C)c1Cl. The summed E-state index contributed by atoms with van der Waals surface area (Å²) in [4.78, 5) is 11.7. The minimum atomic E-state index is -0.401. The van der Waals surface area contributed by atoms with Crippen LogP contribution in [-0.2, 0) is 4.79 Å². The number of rotatable bonds is 5. The van der Waals surface area contributed by atoms with E-state index in [9.17, 15) is 9.90 Å². The lowest BCUT2D eigenvalue weighted by molar-refractivity contribution is -0.123. The quantitative estimate of drug-likeness (QED) is 0.652. The van der Waals surface area contributed by atoms with Crippen molar-refractivity contribution in [3.05, 3.63) is 58.1 Å². The van der Waals surface area contributed by atoms with Crippen LogP contribution in [0.5, 0.6) is 11.5 Å². The summed E-state index contributed by atoms with van der Waals surface area (Å²) in [6.45, 7) is 3.58. The van der Waals surface area contributed by atoms with E-state index < -0.39 is 5.91 Å². The summed E-state index contributed by atoms with van der Waals surface area (Å²) >= 11 is 6.08. The van der Waals surface area contributed by atoms with E-state index in [0.29, 0.717) is 16.3 Å². The molecular weight excluding hydrogens is 316 g/mol. The van der Waals surface area contributed by atoms with Gasteiger partial charge in [0.25, 0.3) is 5.91 Å². The summed E-state index contributed by atoms with van der Waals surface area (Å²) in [5.74, 6) is 0.264. The van der Waals surface area contributed by atoms with Crippen molar-refractivity contribution < 1.29 is 14.6 Å². The van der Waals surface area contributed by atoms with Crippen molar-refractivity contribution in [3.8, 4) is 11.5 Å². The molecule has 23 heavy (non-hydrogen) atoms. The number of ether oxygens (including phenoxy) is 1. The largest absolute Gasteiger partial charge is 0.507 e. The molecule has 120 valence electrons. The minimum absolute atomic E-state index is 0.0915. The Kier molecular flexibility index (Phi) is 5.60. The van der Waals surface area contributed by atoms with E-state index in [1.807, 2.05) is 13.8 Å². The zero-order chi connectivity index (χ0) is 16.8.